The number of ether oxygens (including phenoxy) is 1. The van der Waals surface area contributed by atoms with Crippen LogP contribution in [0.2, 0.25) is 0 Å². The Morgan fingerprint density at radius 2 is 1.87 bits per heavy atom. The minimum Gasteiger partial charge on any atom is -0.378 e. The molecule has 2 aromatic carbocycles. The number of aromatic nitrogens is 4. The van der Waals surface area contributed by atoms with Crippen LogP contribution in [0, 0.1) is 0 Å². The van der Waals surface area contributed by atoms with Gasteiger partial charge in [-0.1, -0.05) is 49.9 Å². The molecule has 1 aromatic heterocycles. The number of rotatable bonds is 7. The quantitative estimate of drug-likeness (QED) is 0.581. The Hall–Kier alpha value is -2.42. The topological polar surface area (TPSA) is 68.1 Å². The van der Waals surface area contributed by atoms with Crippen molar-refractivity contribution in [3.8, 4) is 5.69 Å². The van der Waals surface area contributed by atoms with Crippen LogP contribution < -0.4 is 10.2 Å². The highest BCUT2D eigenvalue weighted by atomic mass is 32.2. The van der Waals surface area contributed by atoms with Gasteiger partial charge in [0.05, 0.1) is 11.8 Å². The van der Waals surface area contributed by atoms with E-state index >= 15 is 0 Å². The van der Waals surface area contributed by atoms with Crippen molar-refractivity contribution in [2.45, 2.75) is 37.3 Å². The molecule has 2 atom stereocenters. The van der Waals surface area contributed by atoms with Crippen LogP contribution in [0.4, 0.5) is 5.69 Å². The van der Waals surface area contributed by atoms with Crippen LogP contribution in [0.25, 0.3) is 5.69 Å². The minimum atomic E-state index is -0.0774. The first kappa shape index (κ1) is 20.8. The van der Waals surface area contributed by atoms with Crippen molar-refractivity contribution in [2.75, 3.05) is 31.3 Å². The third-order valence-electron chi connectivity index (χ3n) is 5.22. The van der Waals surface area contributed by atoms with Crippen LogP contribution in [0.1, 0.15) is 37.1 Å². The van der Waals surface area contributed by atoms with Crippen molar-refractivity contribution >= 4 is 17.4 Å². The highest BCUT2D eigenvalue weighted by molar-refractivity contribution is 7.99. The average molecular weight is 425 g/mol. The minimum absolute atomic E-state index is 0.0774. The summed E-state index contributed by atoms with van der Waals surface area (Å²) in [7, 11) is 4.08. The van der Waals surface area contributed by atoms with Gasteiger partial charge in [-0.2, -0.15) is 4.68 Å². The summed E-state index contributed by atoms with van der Waals surface area (Å²) in [5.74, 6) is 1.28. The maximum atomic E-state index is 6.21. The van der Waals surface area contributed by atoms with Crippen molar-refractivity contribution in [3.05, 3.63) is 59.7 Å². The van der Waals surface area contributed by atoms with E-state index in [0.717, 1.165) is 28.7 Å². The molecule has 0 amide bonds. The standard InChI is InChI=1S/C22H28N6OS/c1-15(2)16-5-11-19(12-6-16)28-22(24-25-26-28)30-14-20-13-23-21(29-20)17-7-9-18(10-8-17)27(3)4/h5-12,15,20-21,23H,13-14H2,1-4H3/t20-,21-/m0/s1. The van der Waals surface area contributed by atoms with Gasteiger partial charge in [-0.15, -0.1) is 5.10 Å². The summed E-state index contributed by atoms with van der Waals surface area (Å²) >= 11 is 1.62. The summed E-state index contributed by atoms with van der Waals surface area (Å²) in [4.78, 5) is 2.09. The maximum absolute atomic E-state index is 6.21. The number of thioether (sulfide) groups is 1. The molecule has 0 aliphatic carbocycles. The number of benzene rings is 2. The second kappa shape index (κ2) is 9.16. The van der Waals surface area contributed by atoms with E-state index in [1.165, 1.54) is 11.3 Å². The largest absolute Gasteiger partial charge is 0.378 e. The number of nitrogens with one attached hydrogen (secondary N) is 1. The first-order valence-corrected chi connectivity index (χ1v) is 11.2. The third kappa shape index (κ3) is 4.66. The molecule has 0 bridgehead atoms. The van der Waals surface area contributed by atoms with Crippen molar-refractivity contribution in [3.63, 3.8) is 0 Å². The molecule has 1 aliphatic heterocycles. The van der Waals surface area contributed by atoms with E-state index in [1.807, 2.05) is 14.1 Å². The lowest BCUT2D eigenvalue weighted by atomic mass is 10.0. The zero-order valence-corrected chi connectivity index (χ0v) is 18.6. The van der Waals surface area contributed by atoms with E-state index in [0.29, 0.717) is 5.92 Å². The van der Waals surface area contributed by atoms with E-state index in [-0.39, 0.29) is 12.3 Å². The first-order chi connectivity index (χ1) is 14.5. The van der Waals surface area contributed by atoms with Gasteiger partial charge < -0.3 is 9.64 Å². The Labute approximate surface area is 181 Å². The molecular weight excluding hydrogens is 396 g/mol. The summed E-state index contributed by atoms with van der Waals surface area (Å²) in [5, 5.41) is 16.5. The maximum Gasteiger partial charge on any atom is 0.214 e. The van der Waals surface area contributed by atoms with Gasteiger partial charge in [0.1, 0.15) is 6.23 Å². The van der Waals surface area contributed by atoms with Gasteiger partial charge in [-0.25, -0.2) is 0 Å². The predicted molar refractivity (Wildman–Crippen MR) is 120 cm³/mol. The zero-order chi connectivity index (χ0) is 21.1. The monoisotopic (exact) mass is 424 g/mol. The molecule has 30 heavy (non-hydrogen) atoms. The van der Waals surface area contributed by atoms with Crippen LogP contribution >= 0.6 is 11.8 Å². The summed E-state index contributed by atoms with van der Waals surface area (Å²) in [6.07, 6.45) is 0.0216. The lowest BCUT2D eigenvalue weighted by molar-refractivity contribution is 0.0534. The van der Waals surface area contributed by atoms with Gasteiger partial charge in [0.2, 0.25) is 5.16 Å². The molecule has 1 fully saturated rings. The molecule has 8 heteroatoms. The Balaban J connectivity index is 1.35. The first-order valence-electron chi connectivity index (χ1n) is 10.2. The Morgan fingerprint density at radius 1 is 1.13 bits per heavy atom. The predicted octanol–water partition coefficient (Wildman–Crippen LogP) is 3.63. The molecule has 1 N–H and O–H groups in total. The molecule has 0 radical (unpaired) electrons. The second-order valence-electron chi connectivity index (χ2n) is 7.96. The fraction of sp³-hybridized carbons (Fsp3) is 0.409. The van der Waals surface area contributed by atoms with Crippen LogP contribution in [-0.4, -0.2) is 52.7 Å². The molecule has 3 aromatic rings. The van der Waals surface area contributed by atoms with Gasteiger partial charge in [0, 0.05) is 32.1 Å². The summed E-state index contributed by atoms with van der Waals surface area (Å²) in [5.41, 5.74) is 4.59. The molecule has 4 rings (SSSR count). The average Bonchev–Trinajstić information content (AvgIpc) is 3.42. The van der Waals surface area contributed by atoms with Gasteiger partial charge in [0.25, 0.3) is 0 Å². The smallest absolute Gasteiger partial charge is 0.214 e. The zero-order valence-electron chi connectivity index (χ0n) is 17.8. The Bertz CT molecular complexity index is 955. The highest BCUT2D eigenvalue weighted by Crippen LogP contribution is 2.27. The summed E-state index contributed by atoms with van der Waals surface area (Å²) < 4.78 is 8.00. The van der Waals surface area contributed by atoms with Crippen molar-refractivity contribution < 1.29 is 4.74 Å². The van der Waals surface area contributed by atoms with Crippen LogP contribution in [0.3, 0.4) is 0 Å². The van der Waals surface area contributed by atoms with Crippen molar-refractivity contribution in [2.24, 2.45) is 0 Å². The molecular formula is C22H28N6OS. The molecule has 1 saturated heterocycles. The summed E-state index contributed by atoms with van der Waals surface area (Å²) in [6, 6.07) is 16.8. The fourth-order valence-corrected chi connectivity index (χ4v) is 4.26. The van der Waals surface area contributed by atoms with E-state index in [1.54, 1.807) is 16.4 Å². The van der Waals surface area contributed by atoms with Crippen LogP contribution in [0.15, 0.2) is 53.7 Å². The normalized spacial score (nSPS) is 18.8. The van der Waals surface area contributed by atoms with E-state index in [2.05, 4.69) is 88.1 Å². The SMILES string of the molecule is CC(C)c1ccc(-n2nnnc2SC[C@@H]2CN[C@H](c3ccc(N(C)C)cc3)O2)cc1. The molecule has 7 nitrogen and oxygen atoms in total. The third-order valence-corrected chi connectivity index (χ3v) is 6.27. The Morgan fingerprint density at radius 3 is 2.53 bits per heavy atom. The van der Waals surface area contributed by atoms with Crippen molar-refractivity contribution in [1.82, 2.24) is 25.5 Å². The van der Waals surface area contributed by atoms with Crippen LogP contribution in [-0.2, 0) is 4.74 Å². The lowest BCUT2D eigenvalue weighted by Gasteiger charge is -2.16. The second-order valence-corrected chi connectivity index (χ2v) is 8.95. The number of hydrogen-bond acceptors (Lipinski definition) is 7. The van der Waals surface area contributed by atoms with E-state index in [4.69, 9.17) is 4.74 Å². The highest BCUT2D eigenvalue weighted by Gasteiger charge is 2.26. The molecule has 158 valence electrons. The Kier molecular flexibility index (Phi) is 6.36. The van der Waals surface area contributed by atoms with E-state index in [9.17, 15) is 0 Å². The molecule has 2 heterocycles. The number of hydrogen-bond donors (Lipinski definition) is 1. The molecule has 1 aliphatic rings. The molecule has 0 spiro atoms. The number of anilines is 1. The molecule has 0 saturated carbocycles. The van der Waals surface area contributed by atoms with Gasteiger partial charge in [-0.05, 0) is 51.7 Å². The lowest BCUT2D eigenvalue weighted by Crippen LogP contribution is -2.17. The summed E-state index contributed by atoms with van der Waals surface area (Å²) in [6.45, 7) is 5.18. The van der Waals surface area contributed by atoms with Gasteiger partial charge in [0.15, 0.2) is 0 Å². The van der Waals surface area contributed by atoms with Gasteiger partial charge >= 0.3 is 0 Å². The number of tetrazole rings is 1. The van der Waals surface area contributed by atoms with Gasteiger partial charge in [-0.3, -0.25) is 5.32 Å². The van der Waals surface area contributed by atoms with Crippen LogP contribution in [0.5, 0.6) is 0 Å². The fourth-order valence-electron chi connectivity index (χ4n) is 3.37. The number of nitrogens with zero attached hydrogens (tertiary/aromatic N) is 5. The molecule has 0 unspecified atom stereocenters. The van der Waals surface area contributed by atoms with E-state index < -0.39 is 0 Å². The van der Waals surface area contributed by atoms with Crippen molar-refractivity contribution in [1.29, 1.82) is 0 Å².